The third-order valence-corrected chi connectivity index (χ3v) is 6.92. The van der Waals surface area contributed by atoms with E-state index in [0.29, 0.717) is 5.75 Å². The van der Waals surface area contributed by atoms with Gasteiger partial charge in [-0.05, 0) is 53.1 Å². The van der Waals surface area contributed by atoms with E-state index in [2.05, 4.69) is 0 Å². The van der Waals surface area contributed by atoms with Crippen LogP contribution < -0.4 is 10.2 Å². The Morgan fingerprint density at radius 3 is 2.34 bits per heavy atom. The van der Waals surface area contributed by atoms with Crippen LogP contribution in [0.2, 0.25) is 0 Å². The second kappa shape index (κ2) is 10.1. The Morgan fingerprint density at radius 2 is 1.72 bits per heavy atom. The fourth-order valence-corrected chi connectivity index (χ4v) is 5.23. The zero-order valence-corrected chi connectivity index (χ0v) is 18.5. The van der Waals surface area contributed by atoms with Crippen molar-refractivity contribution in [2.24, 2.45) is 5.92 Å². The third kappa shape index (κ3) is 5.24. The van der Waals surface area contributed by atoms with Crippen molar-refractivity contribution < 1.29 is 27.5 Å². The normalized spacial score (nSPS) is 12.8. The molecule has 0 aromatic heterocycles. The van der Waals surface area contributed by atoms with Crippen LogP contribution in [0.15, 0.2) is 71.6 Å². The molecule has 0 saturated carbocycles. The van der Waals surface area contributed by atoms with Crippen LogP contribution in [0.5, 0.6) is 5.75 Å². The van der Waals surface area contributed by atoms with Crippen LogP contribution in [0, 0.1) is 11.7 Å². The van der Waals surface area contributed by atoms with Gasteiger partial charge in [-0.2, -0.15) is 4.31 Å². The minimum Gasteiger partial charge on any atom is -0.492 e. The largest absolute Gasteiger partial charge is 0.492 e. The van der Waals surface area contributed by atoms with Gasteiger partial charge in [0.25, 0.3) is 5.91 Å². The lowest BCUT2D eigenvalue weighted by Gasteiger charge is -2.31. The molecule has 3 aromatic carbocycles. The van der Waals surface area contributed by atoms with Crippen LogP contribution in [0.25, 0.3) is 10.8 Å². The molecule has 1 amide bonds. The first kappa shape index (κ1) is 23.6. The van der Waals surface area contributed by atoms with Crippen molar-refractivity contribution in [3.63, 3.8) is 0 Å². The lowest BCUT2D eigenvalue weighted by Crippen LogP contribution is -2.52. The van der Waals surface area contributed by atoms with E-state index in [0.717, 1.165) is 15.1 Å². The lowest BCUT2D eigenvalue weighted by atomic mass is 10.0. The average Bonchev–Trinajstić information content (AvgIpc) is 2.78. The molecule has 3 rings (SSSR count). The molecule has 1 atom stereocenters. The number of carbonyl (C=O) groups is 1. The van der Waals surface area contributed by atoms with Crippen LogP contribution in [0.4, 0.5) is 4.39 Å². The molecule has 0 unspecified atom stereocenters. The molecule has 0 fully saturated rings. The number of sulfonamides is 1. The van der Waals surface area contributed by atoms with Gasteiger partial charge in [0, 0.05) is 6.54 Å². The van der Waals surface area contributed by atoms with E-state index < -0.39 is 33.7 Å². The Morgan fingerprint density at radius 1 is 1.06 bits per heavy atom. The van der Waals surface area contributed by atoms with Crippen LogP contribution in [-0.2, 0) is 14.8 Å². The van der Waals surface area contributed by atoms with Gasteiger partial charge in [-0.15, -0.1) is 0 Å². The molecule has 0 aliphatic heterocycles. The molecule has 170 valence electrons. The molecule has 3 aromatic rings. The van der Waals surface area contributed by atoms with Gasteiger partial charge in [-0.3, -0.25) is 10.0 Å². The molecule has 0 saturated heterocycles. The number of ether oxygens (including phenoxy) is 1. The number of hydrogen-bond donors (Lipinski definition) is 2. The molecule has 0 radical (unpaired) electrons. The van der Waals surface area contributed by atoms with Gasteiger partial charge < -0.3 is 4.74 Å². The summed E-state index contributed by atoms with van der Waals surface area (Å²) in [6.45, 7) is 3.12. The molecular weight excluding hydrogens is 435 g/mol. The number of benzene rings is 3. The summed E-state index contributed by atoms with van der Waals surface area (Å²) >= 11 is 0. The number of nitrogens with zero attached hydrogens (tertiary/aromatic N) is 1. The van der Waals surface area contributed by atoms with E-state index in [4.69, 9.17) is 4.74 Å². The second-order valence-electron chi connectivity index (χ2n) is 7.59. The molecule has 0 spiro atoms. The first-order valence-corrected chi connectivity index (χ1v) is 11.5. The van der Waals surface area contributed by atoms with Crippen molar-refractivity contribution in [2.45, 2.75) is 24.8 Å². The van der Waals surface area contributed by atoms with Crippen LogP contribution in [0.3, 0.4) is 0 Å². The number of halogens is 1. The molecule has 2 N–H and O–H groups in total. The Balaban J connectivity index is 1.94. The summed E-state index contributed by atoms with van der Waals surface area (Å²) in [4.78, 5) is 12.4. The predicted octanol–water partition coefficient (Wildman–Crippen LogP) is 3.58. The second-order valence-corrected chi connectivity index (χ2v) is 9.48. The fraction of sp³-hybridized carbons (Fsp3) is 0.261. The summed E-state index contributed by atoms with van der Waals surface area (Å²) < 4.78 is 46.9. The Hall–Kier alpha value is -3.01. The topological polar surface area (TPSA) is 95.9 Å². The monoisotopic (exact) mass is 460 g/mol. The van der Waals surface area contributed by atoms with E-state index in [1.807, 2.05) is 18.2 Å². The molecule has 0 aliphatic carbocycles. The third-order valence-electron chi connectivity index (χ3n) is 5.04. The summed E-state index contributed by atoms with van der Waals surface area (Å²) in [5, 5.41) is 10.8. The molecular formula is C23H25FN2O5S. The molecule has 32 heavy (non-hydrogen) atoms. The number of hydroxylamine groups is 1. The first-order chi connectivity index (χ1) is 15.2. The Kier molecular flexibility index (Phi) is 7.44. The summed E-state index contributed by atoms with van der Waals surface area (Å²) in [5.74, 6) is -1.34. The number of nitrogens with one attached hydrogen (secondary N) is 1. The fourth-order valence-electron chi connectivity index (χ4n) is 3.49. The quantitative estimate of drug-likeness (QED) is 0.376. The van der Waals surface area contributed by atoms with E-state index in [9.17, 15) is 22.8 Å². The highest BCUT2D eigenvalue weighted by molar-refractivity contribution is 7.89. The maximum atomic E-state index is 13.6. The molecule has 0 aliphatic rings. The molecule has 9 heteroatoms. The zero-order chi connectivity index (χ0) is 23.3. The first-order valence-electron chi connectivity index (χ1n) is 10.1. The maximum Gasteiger partial charge on any atom is 0.262 e. The lowest BCUT2D eigenvalue weighted by molar-refractivity contribution is -0.134. The summed E-state index contributed by atoms with van der Waals surface area (Å²) in [7, 11) is -4.13. The summed E-state index contributed by atoms with van der Waals surface area (Å²) in [5.41, 5.74) is 1.57. The van der Waals surface area contributed by atoms with Crippen LogP contribution in [-0.4, -0.2) is 43.0 Å². The summed E-state index contributed by atoms with van der Waals surface area (Å²) in [6.07, 6.45) is 0. The van der Waals surface area contributed by atoms with E-state index >= 15 is 0 Å². The zero-order valence-electron chi connectivity index (χ0n) is 17.7. The highest BCUT2D eigenvalue weighted by Crippen LogP contribution is 2.26. The van der Waals surface area contributed by atoms with Crippen molar-refractivity contribution in [1.29, 1.82) is 0 Å². The van der Waals surface area contributed by atoms with Crippen LogP contribution >= 0.6 is 0 Å². The van der Waals surface area contributed by atoms with Crippen molar-refractivity contribution in [3.8, 4) is 5.75 Å². The molecule has 0 heterocycles. The highest BCUT2D eigenvalue weighted by atomic mass is 32.2. The van der Waals surface area contributed by atoms with E-state index in [1.165, 1.54) is 30.3 Å². The van der Waals surface area contributed by atoms with Gasteiger partial charge in [-0.25, -0.2) is 18.3 Å². The SMILES string of the molecule is CC(C)[C@H](C(=O)NO)N(CCOc1ccc(F)cc1)S(=O)(=O)c1ccc2ccccc2c1. The maximum absolute atomic E-state index is 13.6. The molecule has 7 nitrogen and oxygen atoms in total. The standard InChI is InChI=1S/C23H25FN2O5S/c1-16(2)22(23(27)25-28)26(13-14-31-20-10-8-19(24)9-11-20)32(29,30)21-12-7-17-5-3-4-6-18(17)15-21/h3-12,15-16,22,28H,13-14H2,1-2H3,(H,25,27)/t22-/m1/s1. The minimum absolute atomic E-state index is 0.0226. The summed E-state index contributed by atoms with van der Waals surface area (Å²) in [6, 6.07) is 16.2. The van der Waals surface area contributed by atoms with Gasteiger partial charge in [0.1, 0.15) is 24.2 Å². The number of fused-ring (bicyclic) bond motifs is 1. The Bertz CT molecular complexity index is 1180. The minimum atomic E-state index is -4.13. The number of amides is 1. The number of hydrogen-bond acceptors (Lipinski definition) is 5. The van der Waals surface area contributed by atoms with Crippen molar-refractivity contribution in [3.05, 3.63) is 72.5 Å². The average molecular weight is 461 g/mol. The van der Waals surface area contributed by atoms with Gasteiger partial charge in [0.15, 0.2) is 0 Å². The number of carbonyl (C=O) groups excluding carboxylic acids is 1. The highest BCUT2D eigenvalue weighted by Gasteiger charge is 2.38. The van der Waals surface area contributed by atoms with Crippen molar-refractivity contribution in [1.82, 2.24) is 9.79 Å². The van der Waals surface area contributed by atoms with E-state index in [1.54, 1.807) is 37.5 Å². The predicted molar refractivity (Wildman–Crippen MR) is 118 cm³/mol. The smallest absolute Gasteiger partial charge is 0.262 e. The molecule has 0 bridgehead atoms. The van der Waals surface area contributed by atoms with E-state index in [-0.39, 0.29) is 18.0 Å². The van der Waals surface area contributed by atoms with Crippen LogP contribution in [0.1, 0.15) is 13.8 Å². The van der Waals surface area contributed by atoms with Gasteiger partial charge in [0.2, 0.25) is 10.0 Å². The van der Waals surface area contributed by atoms with Gasteiger partial charge in [0.05, 0.1) is 4.90 Å². The number of rotatable bonds is 9. The van der Waals surface area contributed by atoms with Crippen molar-refractivity contribution in [2.75, 3.05) is 13.2 Å². The Labute approximate surface area is 186 Å². The van der Waals surface area contributed by atoms with Gasteiger partial charge >= 0.3 is 0 Å². The van der Waals surface area contributed by atoms with Gasteiger partial charge in [-0.1, -0.05) is 44.2 Å². The van der Waals surface area contributed by atoms with Crippen molar-refractivity contribution >= 4 is 26.7 Å².